The maximum Gasteiger partial charge on any atom is 0.401 e. The number of aromatic nitrogens is 1. The highest BCUT2D eigenvalue weighted by atomic mass is 79.9. The fourth-order valence-corrected chi connectivity index (χ4v) is 3.46. The molecule has 0 spiro atoms. The number of rotatable bonds is 4. The van der Waals surface area contributed by atoms with E-state index in [1.54, 1.807) is 5.38 Å². The number of amides is 1. The fraction of sp³-hybridized carbons (Fsp3) is 0.667. The molecule has 21 heavy (non-hydrogen) atoms. The second-order valence-corrected chi connectivity index (χ2v) is 6.66. The van der Waals surface area contributed by atoms with Crippen molar-refractivity contribution in [3.63, 3.8) is 0 Å². The molecule has 0 bridgehead atoms. The van der Waals surface area contributed by atoms with Gasteiger partial charge in [-0.3, -0.25) is 4.79 Å². The van der Waals surface area contributed by atoms with E-state index < -0.39 is 12.7 Å². The van der Waals surface area contributed by atoms with Crippen molar-refractivity contribution in [2.75, 3.05) is 6.54 Å². The lowest BCUT2D eigenvalue weighted by molar-refractivity contribution is -0.126. The summed E-state index contributed by atoms with van der Waals surface area (Å²) in [6.45, 7) is -0.957. The smallest absolute Gasteiger partial charge is 0.347 e. The second kappa shape index (κ2) is 7.06. The molecule has 0 radical (unpaired) electrons. The SMILES string of the molecule is O=C(NC1CCC(NCC(F)(F)F)CC1)c1nc(Br)cs1. The number of hydrogen-bond donors (Lipinski definition) is 2. The molecule has 0 aliphatic heterocycles. The first-order valence-electron chi connectivity index (χ1n) is 6.55. The molecule has 1 aliphatic rings. The minimum absolute atomic E-state index is 0.00381. The van der Waals surface area contributed by atoms with Crippen molar-refractivity contribution in [1.29, 1.82) is 0 Å². The molecule has 1 saturated carbocycles. The highest BCUT2D eigenvalue weighted by molar-refractivity contribution is 9.10. The average molecular weight is 386 g/mol. The topological polar surface area (TPSA) is 54.0 Å². The van der Waals surface area contributed by atoms with Crippen molar-refractivity contribution >= 4 is 33.2 Å². The van der Waals surface area contributed by atoms with Crippen LogP contribution in [0.2, 0.25) is 0 Å². The van der Waals surface area contributed by atoms with E-state index in [9.17, 15) is 18.0 Å². The first-order chi connectivity index (χ1) is 9.83. The van der Waals surface area contributed by atoms with Crippen LogP contribution in [0.5, 0.6) is 0 Å². The van der Waals surface area contributed by atoms with Gasteiger partial charge in [-0.1, -0.05) is 0 Å². The predicted octanol–water partition coefficient (Wildman–Crippen LogP) is 3.10. The molecule has 1 aromatic rings. The average Bonchev–Trinajstić information content (AvgIpc) is 2.84. The summed E-state index contributed by atoms with van der Waals surface area (Å²) in [5.41, 5.74) is 0. The first-order valence-corrected chi connectivity index (χ1v) is 8.23. The zero-order chi connectivity index (χ0) is 15.5. The summed E-state index contributed by atoms with van der Waals surface area (Å²) < 4.78 is 37.0. The van der Waals surface area contributed by atoms with Crippen LogP contribution >= 0.6 is 27.3 Å². The van der Waals surface area contributed by atoms with Gasteiger partial charge in [0.1, 0.15) is 4.60 Å². The lowest BCUT2D eigenvalue weighted by Gasteiger charge is -2.29. The molecule has 118 valence electrons. The Morgan fingerprint density at radius 3 is 2.48 bits per heavy atom. The standard InChI is InChI=1S/C12H15BrF3N3OS/c13-9-5-21-11(19-9)10(20)18-8-3-1-7(2-4-8)17-6-12(14,15)16/h5,7-8,17H,1-4,6H2,(H,18,20). The van der Waals surface area contributed by atoms with Gasteiger partial charge in [0.2, 0.25) is 0 Å². The molecule has 2 rings (SSSR count). The lowest BCUT2D eigenvalue weighted by Crippen LogP contribution is -2.44. The molecule has 1 aromatic heterocycles. The Morgan fingerprint density at radius 2 is 1.95 bits per heavy atom. The summed E-state index contributed by atoms with van der Waals surface area (Å²) in [4.78, 5) is 15.9. The van der Waals surface area contributed by atoms with E-state index in [1.807, 2.05) is 0 Å². The van der Waals surface area contributed by atoms with Gasteiger partial charge in [0.05, 0.1) is 6.54 Å². The predicted molar refractivity (Wildman–Crippen MR) is 77.4 cm³/mol. The van der Waals surface area contributed by atoms with Crippen LogP contribution in [0.3, 0.4) is 0 Å². The van der Waals surface area contributed by atoms with Gasteiger partial charge in [-0.25, -0.2) is 4.98 Å². The summed E-state index contributed by atoms with van der Waals surface area (Å²) in [6.07, 6.45) is -1.57. The summed E-state index contributed by atoms with van der Waals surface area (Å²) in [6, 6.07) is -0.127. The summed E-state index contributed by atoms with van der Waals surface area (Å²) in [5.74, 6) is -0.225. The van der Waals surface area contributed by atoms with E-state index in [1.165, 1.54) is 11.3 Å². The molecular formula is C12H15BrF3N3OS. The van der Waals surface area contributed by atoms with Gasteiger partial charge in [-0.05, 0) is 41.6 Å². The number of nitrogens with one attached hydrogen (secondary N) is 2. The molecule has 0 atom stereocenters. The van der Waals surface area contributed by atoms with E-state index >= 15 is 0 Å². The van der Waals surface area contributed by atoms with Gasteiger partial charge in [0.15, 0.2) is 5.01 Å². The van der Waals surface area contributed by atoms with Crippen molar-refractivity contribution in [3.05, 3.63) is 15.0 Å². The fourth-order valence-electron chi connectivity index (χ4n) is 2.31. The number of carbonyl (C=O) groups excluding carboxylic acids is 1. The number of carbonyl (C=O) groups is 1. The van der Waals surface area contributed by atoms with Gasteiger partial charge in [-0.2, -0.15) is 13.2 Å². The van der Waals surface area contributed by atoms with E-state index in [0.29, 0.717) is 35.3 Å². The molecule has 0 aromatic carbocycles. The molecule has 1 amide bonds. The Labute approximate surface area is 132 Å². The maximum absolute atomic E-state index is 12.1. The van der Waals surface area contributed by atoms with Crippen LogP contribution in [-0.2, 0) is 0 Å². The molecule has 0 unspecified atom stereocenters. The van der Waals surface area contributed by atoms with Crippen molar-refractivity contribution < 1.29 is 18.0 Å². The molecule has 1 fully saturated rings. The van der Waals surface area contributed by atoms with E-state index in [4.69, 9.17) is 0 Å². The Kier molecular flexibility index (Phi) is 5.61. The summed E-state index contributed by atoms with van der Waals surface area (Å²) in [5, 5.41) is 7.51. The van der Waals surface area contributed by atoms with Gasteiger partial charge >= 0.3 is 6.18 Å². The Balaban J connectivity index is 1.73. The molecule has 4 nitrogen and oxygen atoms in total. The Morgan fingerprint density at radius 1 is 1.33 bits per heavy atom. The minimum atomic E-state index is -4.18. The van der Waals surface area contributed by atoms with Crippen molar-refractivity contribution in [2.45, 2.75) is 43.9 Å². The quantitative estimate of drug-likeness (QED) is 0.836. The van der Waals surface area contributed by atoms with Gasteiger partial charge in [-0.15, -0.1) is 11.3 Å². The third-order valence-corrected chi connectivity index (χ3v) is 4.87. The normalized spacial score (nSPS) is 23.0. The summed E-state index contributed by atoms with van der Waals surface area (Å²) >= 11 is 4.44. The zero-order valence-corrected chi connectivity index (χ0v) is 13.4. The van der Waals surface area contributed by atoms with Crippen molar-refractivity contribution in [2.24, 2.45) is 0 Å². The molecular weight excluding hydrogens is 371 g/mol. The zero-order valence-electron chi connectivity index (χ0n) is 11.0. The maximum atomic E-state index is 12.1. The lowest BCUT2D eigenvalue weighted by atomic mass is 9.91. The van der Waals surface area contributed by atoms with E-state index in [0.717, 1.165) is 0 Å². The van der Waals surface area contributed by atoms with Crippen LogP contribution in [0.4, 0.5) is 13.2 Å². The first kappa shape index (κ1) is 16.7. The van der Waals surface area contributed by atoms with Crippen LogP contribution in [0.1, 0.15) is 35.5 Å². The molecule has 2 N–H and O–H groups in total. The highest BCUT2D eigenvalue weighted by Gasteiger charge is 2.30. The van der Waals surface area contributed by atoms with Gasteiger partial charge in [0, 0.05) is 17.5 Å². The molecule has 1 heterocycles. The number of alkyl halides is 3. The van der Waals surface area contributed by atoms with Crippen LogP contribution in [0.25, 0.3) is 0 Å². The van der Waals surface area contributed by atoms with E-state index in [-0.39, 0.29) is 18.0 Å². The number of halogens is 4. The Bertz CT molecular complexity index is 486. The molecule has 9 heteroatoms. The van der Waals surface area contributed by atoms with E-state index in [2.05, 4.69) is 31.5 Å². The van der Waals surface area contributed by atoms with Gasteiger partial charge in [0.25, 0.3) is 5.91 Å². The monoisotopic (exact) mass is 385 g/mol. The van der Waals surface area contributed by atoms with Crippen LogP contribution < -0.4 is 10.6 Å². The largest absolute Gasteiger partial charge is 0.401 e. The van der Waals surface area contributed by atoms with Crippen molar-refractivity contribution in [3.8, 4) is 0 Å². The highest BCUT2D eigenvalue weighted by Crippen LogP contribution is 2.21. The van der Waals surface area contributed by atoms with Crippen LogP contribution in [-0.4, -0.2) is 35.7 Å². The van der Waals surface area contributed by atoms with Gasteiger partial charge < -0.3 is 10.6 Å². The van der Waals surface area contributed by atoms with Crippen molar-refractivity contribution in [1.82, 2.24) is 15.6 Å². The third kappa shape index (κ3) is 5.55. The number of thiazole rings is 1. The summed E-state index contributed by atoms with van der Waals surface area (Å²) in [7, 11) is 0. The Hall–Kier alpha value is -0.670. The minimum Gasteiger partial charge on any atom is -0.347 e. The number of hydrogen-bond acceptors (Lipinski definition) is 4. The molecule has 0 saturated heterocycles. The third-order valence-electron chi connectivity index (χ3n) is 3.32. The van der Waals surface area contributed by atoms with Crippen LogP contribution in [0, 0.1) is 0 Å². The number of nitrogens with zero attached hydrogens (tertiary/aromatic N) is 1. The molecule has 1 aliphatic carbocycles. The second-order valence-electron chi connectivity index (χ2n) is 4.99. The van der Waals surface area contributed by atoms with Crippen LogP contribution in [0.15, 0.2) is 9.98 Å².